The first-order valence-electron chi connectivity index (χ1n) is 4.22. The zero-order valence-corrected chi connectivity index (χ0v) is 7.93. The van der Waals surface area contributed by atoms with E-state index in [-0.39, 0.29) is 0 Å². The van der Waals surface area contributed by atoms with Gasteiger partial charge >= 0.3 is 0 Å². The van der Waals surface area contributed by atoms with Crippen molar-refractivity contribution in [1.82, 2.24) is 0 Å². The molecule has 0 spiro atoms. The molecule has 0 aliphatic carbocycles. The van der Waals surface area contributed by atoms with Gasteiger partial charge in [-0.05, 0) is 23.9 Å². The molecule has 0 unspecified atom stereocenters. The number of hydrogen-bond acceptors (Lipinski definition) is 2. The third-order valence-electron chi connectivity index (χ3n) is 1.95. The second-order valence-corrected chi connectivity index (χ2v) is 4.06. The van der Waals surface area contributed by atoms with Gasteiger partial charge in [0.1, 0.15) is 0 Å². The Morgan fingerprint density at radius 1 is 1.31 bits per heavy atom. The predicted octanol–water partition coefficient (Wildman–Crippen LogP) is 2.94. The zero-order chi connectivity index (χ0) is 9.10. The fourth-order valence-corrected chi connectivity index (χ4v) is 2.40. The second kappa shape index (κ2) is 3.71. The Morgan fingerprint density at radius 3 is 2.92 bits per heavy atom. The lowest BCUT2D eigenvalue weighted by Crippen LogP contribution is -1.79. The molecule has 0 N–H and O–H groups in total. The summed E-state index contributed by atoms with van der Waals surface area (Å²) in [6.07, 6.45) is 3.25. The smallest absolute Gasteiger partial charge is 0.198 e. The minimum Gasteiger partial charge on any atom is -0.291 e. The van der Waals surface area contributed by atoms with E-state index in [9.17, 15) is 4.79 Å². The van der Waals surface area contributed by atoms with E-state index < -0.39 is 0 Å². The van der Waals surface area contributed by atoms with Gasteiger partial charge in [0.05, 0.1) is 0 Å². The van der Waals surface area contributed by atoms with Gasteiger partial charge < -0.3 is 0 Å². The van der Waals surface area contributed by atoms with Crippen LogP contribution < -0.4 is 0 Å². The number of fused-ring (bicyclic) bond motifs is 1. The number of aryl methyl sites for hydroxylation is 1. The third kappa shape index (κ3) is 1.78. The summed E-state index contributed by atoms with van der Waals surface area (Å²) in [5, 5.41) is 1.27. The highest BCUT2D eigenvalue weighted by atomic mass is 32.1. The van der Waals surface area contributed by atoms with Gasteiger partial charge in [-0.1, -0.05) is 18.2 Å². The molecule has 0 saturated carbocycles. The van der Waals surface area contributed by atoms with Crippen molar-refractivity contribution in [2.24, 2.45) is 0 Å². The van der Waals surface area contributed by atoms with Gasteiger partial charge in [0.25, 0.3) is 0 Å². The summed E-state index contributed by atoms with van der Waals surface area (Å²) in [6.45, 7) is 0. The highest BCUT2D eigenvalue weighted by Crippen LogP contribution is 2.25. The number of thiophene rings is 1. The largest absolute Gasteiger partial charge is 0.291 e. The van der Waals surface area contributed by atoms with Crippen LogP contribution in [0, 0.1) is 0 Å². The molecule has 2 rings (SSSR count). The van der Waals surface area contributed by atoms with E-state index in [1.165, 1.54) is 15.0 Å². The SMILES string of the molecule is O=[C]CCc1cc2ccccc2s1. The van der Waals surface area contributed by atoms with Crippen molar-refractivity contribution in [3.63, 3.8) is 0 Å². The van der Waals surface area contributed by atoms with Crippen LogP contribution in [0.25, 0.3) is 10.1 Å². The molecule has 1 aromatic heterocycles. The number of rotatable bonds is 3. The summed E-state index contributed by atoms with van der Waals surface area (Å²) in [4.78, 5) is 11.3. The van der Waals surface area contributed by atoms with Crippen molar-refractivity contribution in [3.8, 4) is 0 Å². The van der Waals surface area contributed by atoms with Crippen molar-refractivity contribution >= 4 is 27.7 Å². The Labute approximate surface area is 81.0 Å². The molecule has 0 aliphatic heterocycles. The Balaban J connectivity index is 2.32. The molecule has 0 amide bonds. The molecule has 0 aliphatic rings. The van der Waals surface area contributed by atoms with Crippen molar-refractivity contribution in [3.05, 3.63) is 35.2 Å². The maximum Gasteiger partial charge on any atom is 0.198 e. The minimum atomic E-state index is 0.507. The summed E-state index contributed by atoms with van der Waals surface area (Å²) in [6, 6.07) is 10.4. The van der Waals surface area contributed by atoms with Gasteiger partial charge in [0.2, 0.25) is 0 Å². The molecule has 2 aromatic rings. The van der Waals surface area contributed by atoms with Gasteiger partial charge in [0.15, 0.2) is 6.29 Å². The number of carbonyl (C=O) groups excluding carboxylic acids is 1. The lowest BCUT2D eigenvalue weighted by Gasteiger charge is -1.85. The molecule has 0 bridgehead atoms. The molecule has 65 valence electrons. The number of hydrogen-bond donors (Lipinski definition) is 0. The summed E-state index contributed by atoms with van der Waals surface area (Å²) < 4.78 is 1.29. The maximum atomic E-state index is 10.1. The van der Waals surface area contributed by atoms with Crippen molar-refractivity contribution in [2.75, 3.05) is 0 Å². The second-order valence-electron chi connectivity index (χ2n) is 2.89. The van der Waals surface area contributed by atoms with Gasteiger partial charge in [-0.25, -0.2) is 0 Å². The van der Waals surface area contributed by atoms with Crippen LogP contribution in [0.5, 0.6) is 0 Å². The molecule has 0 atom stereocenters. The van der Waals surface area contributed by atoms with Crippen LogP contribution in [0.2, 0.25) is 0 Å². The molecule has 13 heavy (non-hydrogen) atoms. The highest BCUT2D eigenvalue weighted by molar-refractivity contribution is 7.19. The molecule has 2 heteroatoms. The van der Waals surface area contributed by atoms with E-state index in [0.717, 1.165) is 6.42 Å². The van der Waals surface area contributed by atoms with Crippen molar-refractivity contribution in [2.45, 2.75) is 12.8 Å². The van der Waals surface area contributed by atoms with Gasteiger partial charge in [-0.15, -0.1) is 11.3 Å². The summed E-state index contributed by atoms with van der Waals surface area (Å²) >= 11 is 1.76. The zero-order valence-electron chi connectivity index (χ0n) is 7.12. The fraction of sp³-hybridized carbons (Fsp3) is 0.182. The predicted molar refractivity (Wildman–Crippen MR) is 55.8 cm³/mol. The molecule has 1 heterocycles. The van der Waals surface area contributed by atoms with Crippen LogP contribution in [-0.2, 0) is 11.2 Å². The Bertz CT molecular complexity index is 384. The van der Waals surface area contributed by atoms with Crippen LogP contribution in [0.1, 0.15) is 11.3 Å². The van der Waals surface area contributed by atoms with Crippen LogP contribution in [0.3, 0.4) is 0 Å². The van der Waals surface area contributed by atoms with E-state index >= 15 is 0 Å². The summed E-state index contributed by atoms with van der Waals surface area (Å²) in [5.41, 5.74) is 0. The summed E-state index contributed by atoms with van der Waals surface area (Å²) in [7, 11) is 0. The maximum absolute atomic E-state index is 10.1. The van der Waals surface area contributed by atoms with Crippen LogP contribution in [-0.4, -0.2) is 6.29 Å². The molecule has 1 aromatic carbocycles. The van der Waals surface area contributed by atoms with E-state index in [2.05, 4.69) is 18.2 Å². The normalized spacial score (nSPS) is 10.5. The first-order chi connectivity index (χ1) is 6.40. The minimum absolute atomic E-state index is 0.507. The average Bonchev–Trinajstić information content (AvgIpc) is 2.57. The van der Waals surface area contributed by atoms with Gasteiger partial charge in [-0.2, -0.15) is 0 Å². The van der Waals surface area contributed by atoms with Crippen molar-refractivity contribution in [1.29, 1.82) is 0 Å². The van der Waals surface area contributed by atoms with Crippen LogP contribution in [0.15, 0.2) is 30.3 Å². The van der Waals surface area contributed by atoms with E-state index in [4.69, 9.17) is 0 Å². The summed E-state index contributed by atoms with van der Waals surface area (Å²) in [5.74, 6) is 0. The van der Waals surface area contributed by atoms with E-state index in [1.54, 1.807) is 11.3 Å². The lowest BCUT2D eigenvalue weighted by atomic mass is 10.2. The topological polar surface area (TPSA) is 17.1 Å². The quantitative estimate of drug-likeness (QED) is 0.725. The van der Waals surface area contributed by atoms with Crippen molar-refractivity contribution < 1.29 is 4.79 Å². The molecule has 0 saturated heterocycles. The first-order valence-corrected chi connectivity index (χ1v) is 5.04. The van der Waals surface area contributed by atoms with Crippen LogP contribution in [0.4, 0.5) is 0 Å². The van der Waals surface area contributed by atoms with Crippen LogP contribution >= 0.6 is 11.3 Å². The fourth-order valence-electron chi connectivity index (χ4n) is 1.33. The molecular weight excluding hydrogens is 180 g/mol. The Kier molecular flexibility index (Phi) is 2.41. The monoisotopic (exact) mass is 189 g/mol. The van der Waals surface area contributed by atoms with E-state index in [0.29, 0.717) is 6.42 Å². The van der Waals surface area contributed by atoms with Gasteiger partial charge in [-0.3, -0.25) is 4.79 Å². The van der Waals surface area contributed by atoms with E-state index in [1.807, 2.05) is 18.4 Å². The standard InChI is InChI=1S/C11H9OS/c12-7-3-5-10-8-9-4-1-2-6-11(9)13-10/h1-2,4,6,8H,3,5H2. The molecule has 1 radical (unpaired) electrons. The first kappa shape index (κ1) is 8.45. The molecule has 1 nitrogen and oxygen atoms in total. The number of benzene rings is 1. The third-order valence-corrected chi connectivity index (χ3v) is 3.13. The Hall–Kier alpha value is -1.15. The molecule has 0 fully saturated rings. The lowest BCUT2D eigenvalue weighted by molar-refractivity contribution is 0.551. The van der Waals surface area contributed by atoms with Gasteiger partial charge in [0, 0.05) is 16.0 Å². The highest BCUT2D eigenvalue weighted by Gasteiger charge is 1.99. The average molecular weight is 189 g/mol. The molecular formula is C11H9OS. The Morgan fingerprint density at radius 2 is 2.15 bits per heavy atom.